The van der Waals surface area contributed by atoms with Crippen LogP contribution in [-0.2, 0) is 0 Å². The van der Waals surface area contributed by atoms with E-state index in [0.29, 0.717) is 11.9 Å². The van der Waals surface area contributed by atoms with Gasteiger partial charge in [-0.2, -0.15) is 4.98 Å². The quantitative estimate of drug-likeness (QED) is 0.732. The third kappa shape index (κ3) is 2.72. The molecule has 0 aromatic carbocycles. The molecule has 1 heterocycles. The normalized spacial score (nSPS) is 11.0. The Hall–Kier alpha value is -1.06. The van der Waals surface area contributed by atoms with E-state index < -0.39 is 0 Å². The Kier molecular flexibility index (Phi) is 3.73. The van der Waals surface area contributed by atoms with E-state index in [-0.39, 0.29) is 0 Å². The maximum absolute atomic E-state index is 5.46. The molecule has 0 aliphatic carbocycles. The summed E-state index contributed by atoms with van der Waals surface area (Å²) in [5.41, 5.74) is 5.46. The van der Waals surface area contributed by atoms with Crippen LogP contribution in [0.25, 0.3) is 0 Å². The van der Waals surface area contributed by atoms with Gasteiger partial charge in [-0.15, -0.1) is 5.10 Å². The number of hydrogen-bond acceptors (Lipinski definition) is 3. The number of hydrogen-bond donors (Lipinski definition) is 2. The molecule has 0 saturated heterocycles. The summed E-state index contributed by atoms with van der Waals surface area (Å²) in [5, 5.41) is 6.73. The number of H-pyrrole nitrogens is 1. The smallest absolute Gasteiger partial charge is 0.239 e. The molecule has 0 radical (unpaired) electrons. The zero-order valence-electron chi connectivity index (χ0n) is 8.38. The molecule has 0 unspecified atom stereocenters. The zero-order valence-corrected chi connectivity index (χ0v) is 8.38. The molecule has 74 valence electrons. The third-order valence-corrected chi connectivity index (χ3v) is 2.18. The molecule has 1 rings (SSSR count). The summed E-state index contributed by atoms with van der Waals surface area (Å²) in [6, 6.07) is 0. The molecule has 0 aliphatic heterocycles. The highest BCUT2D eigenvalue weighted by Crippen LogP contribution is 2.23. The molecular formula is C9H18N4. The minimum atomic E-state index is 0.354. The standard InChI is InChI=1S/C9H18N4/c1-3-5-7(6-4-2)8-11-9(10)13-12-8/h7H,3-6H2,1-2H3,(H3,10,11,12,13). The second kappa shape index (κ2) is 4.84. The highest BCUT2D eigenvalue weighted by atomic mass is 15.3. The minimum Gasteiger partial charge on any atom is -0.367 e. The van der Waals surface area contributed by atoms with Gasteiger partial charge in [-0.05, 0) is 12.8 Å². The lowest BCUT2D eigenvalue weighted by Gasteiger charge is -2.10. The van der Waals surface area contributed by atoms with E-state index in [0.717, 1.165) is 18.7 Å². The summed E-state index contributed by atoms with van der Waals surface area (Å²) in [6.07, 6.45) is 4.65. The molecule has 0 atom stereocenters. The fourth-order valence-corrected chi connectivity index (χ4v) is 1.59. The van der Waals surface area contributed by atoms with Crippen molar-refractivity contribution in [3.8, 4) is 0 Å². The second-order valence-corrected chi connectivity index (χ2v) is 3.35. The lowest BCUT2D eigenvalue weighted by molar-refractivity contribution is 0.535. The van der Waals surface area contributed by atoms with Crippen LogP contribution in [0.5, 0.6) is 0 Å². The van der Waals surface area contributed by atoms with Crippen LogP contribution >= 0.6 is 0 Å². The Labute approximate surface area is 78.9 Å². The number of aromatic amines is 1. The van der Waals surface area contributed by atoms with E-state index in [1.165, 1.54) is 12.8 Å². The summed E-state index contributed by atoms with van der Waals surface area (Å²) >= 11 is 0. The predicted molar refractivity (Wildman–Crippen MR) is 53.4 cm³/mol. The van der Waals surface area contributed by atoms with Crippen molar-refractivity contribution in [2.75, 3.05) is 5.73 Å². The molecule has 3 N–H and O–H groups in total. The van der Waals surface area contributed by atoms with Gasteiger partial charge in [0.1, 0.15) is 5.82 Å². The molecule has 0 spiro atoms. The van der Waals surface area contributed by atoms with Crippen molar-refractivity contribution in [3.63, 3.8) is 0 Å². The largest absolute Gasteiger partial charge is 0.367 e. The molecule has 1 aromatic rings. The number of nitrogens with two attached hydrogens (primary N) is 1. The fraction of sp³-hybridized carbons (Fsp3) is 0.778. The molecule has 1 aromatic heterocycles. The molecular weight excluding hydrogens is 164 g/mol. The van der Waals surface area contributed by atoms with E-state index in [2.05, 4.69) is 29.0 Å². The van der Waals surface area contributed by atoms with Gasteiger partial charge < -0.3 is 5.73 Å². The number of anilines is 1. The topological polar surface area (TPSA) is 67.6 Å². The van der Waals surface area contributed by atoms with E-state index in [4.69, 9.17) is 5.73 Å². The Morgan fingerprint density at radius 3 is 2.31 bits per heavy atom. The van der Waals surface area contributed by atoms with Gasteiger partial charge in [0.25, 0.3) is 0 Å². The summed E-state index contributed by atoms with van der Waals surface area (Å²) in [5.74, 6) is 1.80. The Balaban J connectivity index is 2.63. The summed E-state index contributed by atoms with van der Waals surface area (Å²) < 4.78 is 0. The summed E-state index contributed by atoms with van der Waals surface area (Å²) in [7, 11) is 0. The fourth-order valence-electron chi connectivity index (χ4n) is 1.59. The summed E-state index contributed by atoms with van der Waals surface area (Å²) in [4.78, 5) is 4.16. The van der Waals surface area contributed by atoms with Crippen LogP contribution in [0.3, 0.4) is 0 Å². The Bertz CT molecular complexity index is 238. The van der Waals surface area contributed by atoms with Crippen molar-refractivity contribution in [3.05, 3.63) is 5.82 Å². The van der Waals surface area contributed by atoms with Crippen molar-refractivity contribution >= 4 is 5.95 Å². The molecule has 13 heavy (non-hydrogen) atoms. The number of nitrogen functional groups attached to an aromatic ring is 1. The zero-order chi connectivity index (χ0) is 9.68. The predicted octanol–water partition coefficient (Wildman–Crippen LogP) is 2.07. The van der Waals surface area contributed by atoms with E-state index in [9.17, 15) is 0 Å². The van der Waals surface area contributed by atoms with Crippen molar-refractivity contribution in [1.82, 2.24) is 15.2 Å². The van der Waals surface area contributed by atoms with Crippen molar-refractivity contribution in [1.29, 1.82) is 0 Å². The SMILES string of the molecule is CCCC(CCC)c1nc(N)n[nH]1. The first-order chi connectivity index (χ1) is 6.27. The van der Waals surface area contributed by atoms with Gasteiger partial charge in [-0.25, -0.2) is 0 Å². The van der Waals surface area contributed by atoms with E-state index in [1.807, 2.05) is 0 Å². The number of aromatic nitrogens is 3. The number of rotatable bonds is 5. The summed E-state index contributed by atoms with van der Waals surface area (Å²) in [6.45, 7) is 4.37. The van der Waals surface area contributed by atoms with Crippen LogP contribution < -0.4 is 5.73 Å². The van der Waals surface area contributed by atoms with Crippen LogP contribution in [0.2, 0.25) is 0 Å². The highest BCUT2D eigenvalue weighted by molar-refractivity contribution is 5.14. The second-order valence-electron chi connectivity index (χ2n) is 3.35. The lowest BCUT2D eigenvalue weighted by atomic mass is 9.98. The van der Waals surface area contributed by atoms with E-state index in [1.54, 1.807) is 0 Å². The molecule has 4 heteroatoms. The first kappa shape index (κ1) is 10.0. The first-order valence-electron chi connectivity index (χ1n) is 4.95. The molecule has 4 nitrogen and oxygen atoms in total. The van der Waals surface area contributed by atoms with Gasteiger partial charge in [-0.3, -0.25) is 5.10 Å². The average molecular weight is 182 g/mol. The molecule has 0 bridgehead atoms. The van der Waals surface area contributed by atoms with Crippen LogP contribution in [0.1, 0.15) is 51.3 Å². The number of nitrogens with zero attached hydrogens (tertiary/aromatic N) is 2. The molecule has 0 amide bonds. The van der Waals surface area contributed by atoms with Crippen LogP contribution in [0.15, 0.2) is 0 Å². The van der Waals surface area contributed by atoms with Crippen LogP contribution in [0, 0.1) is 0 Å². The monoisotopic (exact) mass is 182 g/mol. The van der Waals surface area contributed by atoms with Crippen LogP contribution in [-0.4, -0.2) is 15.2 Å². The lowest BCUT2D eigenvalue weighted by Crippen LogP contribution is -2.01. The van der Waals surface area contributed by atoms with Gasteiger partial charge in [0, 0.05) is 5.92 Å². The number of nitrogens with one attached hydrogen (secondary N) is 1. The van der Waals surface area contributed by atoms with Crippen LogP contribution in [0.4, 0.5) is 5.95 Å². The van der Waals surface area contributed by atoms with Gasteiger partial charge in [0.05, 0.1) is 0 Å². The van der Waals surface area contributed by atoms with Gasteiger partial charge in [0.15, 0.2) is 0 Å². The van der Waals surface area contributed by atoms with Crippen molar-refractivity contribution in [2.24, 2.45) is 0 Å². The maximum atomic E-state index is 5.46. The maximum Gasteiger partial charge on any atom is 0.239 e. The molecule has 0 saturated carbocycles. The minimum absolute atomic E-state index is 0.354. The highest BCUT2D eigenvalue weighted by Gasteiger charge is 2.13. The Morgan fingerprint density at radius 1 is 1.31 bits per heavy atom. The van der Waals surface area contributed by atoms with E-state index >= 15 is 0 Å². The van der Waals surface area contributed by atoms with Gasteiger partial charge >= 0.3 is 0 Å². The van der Waals surface area contributed by atoms with Gasteiger partial charge in [-0.1, -0.05) is 26.7 Å². The van der Waals surface area contributed by atoms with Crippen molar-refractivity contribution in [2.45, 2.75) is 45.4 Å². The van der Waals surface area contributed by atoms with Gasteiger partial charge in [0.2, 0.25) is 5.95 Å². The third-order valence-electron chi connectivity index (χ3n) is 2.18. The Morgan fingerprint density at radius 2 is 1.92 bits per heavy atom. The molecule has 0 aliphatic rings. The average Bonchev–Trinajstić information content (AvgIpc) is 2.51. The van der Waals surface area contributed by atoms with Crippen molar-refractivity contribution < 1.29 is 0 Å². The first-order valence-corrected chi connectivity index (χ1v) is 4.95. The molecule has 0 fully saturated rings.